The van der Waals surface area contributed by atoms with E-state index in [1.807, 2.05) is 6.21 Å². The van der Waals surface area contributed by atoms with Crippen LogP contribution in [0.4, 0.5) is 5.69 Å². The highest BCUT2D eigenvalue weighted by atomic mass is 79.9. The van der Waals surface area contributed by atoms with Crippen molar-refractivity contribution in [1.82, 2.24) is 0 Å². The number of halogens is 2. The summed E-state index contributed by atoms with van der Waals surface area (Å²) in [5.74, 6) is 0. The molecule has 0 saturated carbocycles. The van der Waals surface area contributed by atoms with Crippen LogP contribution in [0, 0.1) is 0 Å². The molecule has 3 nitrogen and oxygen atoms in total. The lowest BCUT2D eigenvalue weighted by Crippen LogP contribution is -3.00. The molecule has 5 heteroatoms. The summed E-state index contributed by atoms with van der Waals surface area (Å²) < 4.78 is 4.60. The fourth-order valence-electron chi connectivity index (χ4n) is 5.10. The first-order valence-electron chi connectivity index (χ1n) is 16.3. The zero-order chi connectivity index (χ0) is 26.9. The van der Waals surface area contributed by atoms with Crippen molar-refractivity contribution in [3.63, 3.8) is 0 Å². The maximum atomic E-state index is 4.68. The van der Waals surface area contributed by atoms with E-state index in [4.69, 9.17) is 0 Å². The highest BCUT2D eigenvalue weighted by Gasteiger charge is 2.03. The van der Waals surface area contributed by atoms with Gasteiger partial charge < -0.3 is 34.0 Å². The smallest absolute Gasteiger partial charge is 0.170 e. The van der Waals surface area contributed by atoms with Crippen molar-refractivity contribution in [2.45, 2.75) is 155 Å². The van der Waals surface area contributed by atoms with Crippen LogP contribution >= 0.6 is 0 Å². The van der Waals surface area contributed by atoms with Gasteiger partial charge in [-0.2, -0.15) is 0 Å². The molecule has 0 radical (unpaired) electrons. The van der Waals surface area contributed by atoms with Gasteiger partial charge in [0.15, 0.2) is 24.8 Å². The third-order valence-electron chi connectivity index (χ3n) is 7.69. The molecule has 0 unspecified atom stereocenters. The van der Waals surface area contributed by atoms with E-state index in [1.54, 1.807) is 0 Å². The molecule has 2 aromatic heterocycles. The average molecular weight is 682 g/mol. The molecule has 0 bridgehead atoms. The predicted octanol–water partition coefficient (Wildman–Crippen LogP) is 3.86. The number of nitrogens with zero attached hydrogens (tertiary/aromatic N) is 3. The normalized spacial score (nSPS) is 10.9. The summed E-state index contributed by atoms with van der Waals surface area (Å²) in [4.78, 5) is 4.68. The molecule has 0 aliphatic rings. The third-order valence-corrected chi connectivity index (χ3v) is 7.69. The molecule has 0 spiro atoms. The molecule has 2 aromatic rings. The van der Waals surface area contributed by atoms with Gasteiger partial charge in [-0.15, -0.1) is 0 Å². The Bertz CT molecular complexity index is 752. The van der Waals surface area contributed by atoms with E-state index in [2.05, 4.69) is 77.0 Å². The van der Waals surface area contributed by atoms with Crippen molar-refractivity contribution in [3.8, 4) is 0 Å². The molecule has 40 heavy (non-hydrogen) atoms. The lowest BCUT2D eigenvalue weighted by Gasteiger charge is -2.02. The van der Waals surface area contributed by atoms with Gasteiger partial charge in [0.05, 0.1) is 5.69 Å². The van der Waals surface area contributed by atoms with Crippen molar-refractivity contribution >= 4 is 11.9 Å². The first kappa shape index (κ1) is 38.9. The van der Waals surface area contributed by atoms with Crippen molar-refractivity contribution in [2.24, 2.45) is 4.99 Å². The minimum absolute atomic E-state index is 0. The molecule has 0 aromatic carbocycles. The molecule has 0 N–H and O–H groups in total. The quantitative estimate of drug-likeness (QED) is 0.0913. The summed E-state index contributed by atoms with van der Waals surface area (Å²) in [6.45, 7) is 6.80. The van der Waals surface area contributed by atoms with Crippen LogP contribution in [-0.4, -0.2) is 6.21 Å². The molecule has 2 rings (SSSR count). The number of pyridine rings is 2. The molecule has 0 saturated heterocycles. The van der Waals surface area contributed by atoms with Gasteiger partial charge in [-0.1, -0.05) is 117 Å². The van der Waals surface area contributed by atoms with Gasteiger partial charge in [-0.25, -0.2) is 9.13 Å². The van der Waals surface area contributed by atoms with Gasteiger partial charge in [-0.05, 0) is 12.8 Å². The summed E-state index contributed by atoms with van der Waals surface area (Å²) in [5.41, 5.74) is 2.18. The Hall–Kier alpha value is -1.07. The highest BCUT2D eigenvalue weighted by Crippen LogP contribution is 2.12. The van der Waals surface area contributed by atoms with Crippen LogP contribution in [0.5, 0.6) is 0 Å². The van der Waals surface area contributed by atoms with Gasteiger partial charge >= 0.3 is 0 Å². The fourth-order valence-corrected chi connectivity index (χ4v) is 5.10. The number of hydrogen-bond acceptors (Lipinski definition) is 1. The number of aliphatic imine (C=N–C) groups is 1. The van der Waals surface area contributed by atoms with E-state index in [1.165, 1.54) is 128 Å². The predicted molar refractivity (Wildman–Crippen MR) is 164 cm³/mol. The van der Waals surface area contributed by atoms with E-state index in [9.17, 15) is 0 Å². The standard InChI is InChI=1S/C35H59N3.2BrH/c1-3-5-7-9-11-13-15-17-19-21-27-37-29-23-34(24-30-37)33-36-35-25-31-38(32-26-35)28-22-20-18-16-14-12-10-8-6-4-2;;/h23-26,29-33H,3-22,27-28H2,1-2H3;2*1H/q+2;;/p-2. The summed E-state index contributed by atoms with van der Waals surface area (Å²) in [5, 5.41) is 0. The van der Waals surface area contributed by atoms with E-state index < -0.39 is 0 Å². The average Bonchev–Trinajstić information content (AvgIpc) is 2.95. The zero-order valence-electron chi connectivity index (χ0n) is 25.9. The minimum Gasteiger partial charge on any atom is -1.00 e. The van der Waals surface area contributed by atoms with Gasteiger partial charge in [-0.3, -0.25) is 4.99 Å². The van der Waals surface area contributed by atoms with Crippen molar-refractivity contribution in [1.29, 1.82) is 0 Å². The second-order valence-electron chi connectivity index (χ2n) is 11.3. The van der Waals surface area contributed by atoms with Gasteiger partial charge in [0.25, 0.3) is 0 Å². The third kappa shape index (κ3) is 20.8. The number of aromatic nitrogens is 2. The molecule has 0 fully saturated rings. The van der Waals surface area contributed by atoms with Gasteiger partial charge in [0.1, 0.15) is 13.1 Å². The maximum absolute atomic E-state index is 4.68. The second kappa shape index (κ2) is 28.1. The van der Waals surface area contributed by atoms with Crippen LogP contribution in [0.2, 0.25) is 0 Å². The molecule has 0 atom stereocenters. The Morgan fingerprint density at radius 3 is 1.18 bits per heavy atom. The molecule has 228 valence electrons. The lowest BCUT2D eigenvalue weighted by atomic mass is 10.1. The lowest BCUT2D eigenvalue weighted by molar-refractivity contribution is -0.697. The monoisotopic (exact) mass is 679 g/mol. The van der Waals surface area contributed by atoms with Gasteiger partial charge in [0.2, 0.25) is 0 Å². The van der Waals surface area contributed by atoms with Crippen molar-refractivity contribution in [3.05, 3.63) is 54.6 Å². The Morgan fingerprint density at radius 1 is 0.475 bits per heavy atom. The van der Waals surface area contributed by atoms with Crippen LogP contribution < -0.4 is 43.1 Å². The fraction of sp³-hybridized carbons (Fsp3) is 0.686. The number of unbranched alkanes of at least 4 members (excludes halogenated alkanes) is 18. The molecule has 0 aliphatic heterocycles. The summed E-state index contributed by atoms with van der Waals surface area (Å²) in [6, 6.07) is 8.60. The van der Waals surface area contributed by atoms with Crippen molar-refractivity contribution < 1.29 is 43.1 Å². The Morgan fingerprint density at radius 2 is 0.800 bits per heavy atom. The summed E-state index contributed by atoms with van der Waals surface area (Å²) in [6.07, 6.45) is 38.5. The first-order valence-corrected chi connectivity index (χ1v) is 16.3. The summed E-state index contributed by atoms with van der Waals surface area (Å²) in [7, 11) is 0. The van der Waals surface area contributed by atoms with Crippen LogP contribution in [-0.2, 0) is 13.1 Å². The van der Waals surface area contributed by atoms with E-state index in [-0.39, 0.29) is 34.0 Å². The number of hydrogen-bond donors (Lipinski definition) is 0. The topological polar surface area (TPSA) is 20.1 Å². The second-order valence-corrected chi connectivity index (χ2v) is 11.3. The molecule has 0 aliphatic carbocycles. The Balaban J connectivity index is 0.00000760. The van der Waals surface area contributed by atoms with Crippen molar-refractivity contribution in [2.75, 3.05) is 0 Å². The minimum atomic E-state index is 0. The maximum Gasteiger partial charge on any atom is 0.170 e. The number of aryl methyl sites for hydroxylation is 2. The van der Waals surface area contributed by atoms with Crippen LogP contribution in [0.15, 0.2) is 54.0 Å². The molecule has 0 amide bonds. The van der Waals surface area contributed by atoms with Crippen LogP contribution in [0.3, 0.4) is 0 Å². The Kier molecular flexibility index (Phi) is 27.3. The van der Waals surface area contributed by atoms with Crippen LogP contribution in [0.25, 0.3) is 0 Å². The molecular formula is C35H59Br2N3. The zero-order valence-corrected chi connectivity index (χ0v) is 29.0. The van der Waals surface area contributed by atoms with E-state index in [0.717, 1.165) is 24.3 Å². The Labute approximate surface area is 268 Å². The summed E-state index contributed by atoms with van der Waals surface area (Å²) >= 11 is 0. The first-order chi connectivity index (χ1) is 18.8. The van der Waals surface area contributed by atoms with E-state index >= 15 is 0 Å². The molecule has 2 heterocycles. The number of rotatable bonds is 24. The highest BCUT2D eigenvalue weighted by molar-refractivity contribution is 5.81. The van der Waals surface area contributed by atoms with Gasteiger partial charge in [0, 0.05) is 48.9 Å². The van der Waals surface area contributed by atoms with Crippen LogP contribution in [0.1, 0.15) is 148 Å². The SMILES string of the molecule is CCCCCCCCCCCC[n+]1ccc(C=Nc2cc[n+](CCCCCCCCCCCC)cc2)cc1.[Br-].[Br-]. The van der Waals surface area contributed by atoms with E-state index in [0.29, 0.717) is 0 Å². The molecular weight excluding hydrogens is 622 g/mol. The largest absolute Gasteiger partial charge is 1.00 e.